The molecular formula is C11H19BrN4O2. The third-order valence-corrected chi connectivity index (χ3v) is 3.27. The quantitative estimate of drug-likeness (QED) is 0.287. The van der Waals surface area contributed by atoms with Crippen molar-refractivity contribution in [3.63, 3.8) is 0 Å². The molecule has 6 nitrogen and oxygen atoms in total. The number of aromatic nitrogens is 3. The standard InChI is InChI=1S/C11H19BrN4O2/c12-8-6-4-2-1-3-5-7-9-15-10-13-11(14-15)16(17)18/h10H,1-9H2. The van der Waals surface area contributed by atoms with E-state index in [1.165, 1.54) is 38.4 Å². The molecule has 1 aromatic rings. The molecule has 0 atom stereocenters. The number of hydrogen-bond donors (Lipinski definition) is 0. The SMILES string of the molecule is O=[N+]([O-])c1ncn(CCCCCCCCCBr)n1. The van der Waals surface area contributed by atoms with Crippen LogP contribution in [0.15, 0.2) is 6.33 Å². The maximum atomic E-state index is 10.4. The Hall–Kier alpha value is -0.980. The molecule has 0 aromatic carbocycles. The first-order valence-corrected chi connectivity index (χ1v) is 7.46. The number of hydrogen-bond acceptors (Lipinski definition) is 4. The molecule has 0 aliphatic carbocycles. The lowest BCUT2D eigenvalue weighted by atomic mass is 10.1. The summed E-state index contributed by atoms with van der Waals surface area (Å²) in [6, 6.07) is 0. The van der Waals surface area contributed by atoms with E-state index in [1.54, 1.807) is 4.68 Å². The van der Waals surface area contributed by atoms with Gasteiger partial charge in [-0.1, -0.05) is 53.0 Å². The van der Waals surface area contributed by atoms with Crippen molar-refractivity contribution in [1.82, 2.24) is 14.8 Å². The van der Waals surface area contributed by atoms with Crippen LogP contribution in [0.3, 0.4) is 0 Å². The number of nitro groups is 1. The summed E-state index contributed by atoms with van der Waals surface area (Å²) in [5.74, 6) is -0.315. The van der Waals surface area contributed by atoms with E-state index in [-0.39, 0.29) is 5.95 Å². The minimum atomic E-state index is -0.569. The van der Waals surface area contributed by atoms with E-state index in [2.05, 4.69) is 26.0 Å². The van der Waals surface area contributed by atoms with Crippen LogP contribution in [0.25, 0.3) is 0 Å². The minimum Gasteiger partial charge on any atom is -0.390 e. The largest absolute Gasteiger partial charge is 0.490 e. The number of aryl methyl sites for hydroxylation is 1. The normalized spacial score (nSPS) is 10.7. The van der Waals surface area contributed by atoms with Gasteiger partial charge in [-0.15, -0.1) is 0 Å². The van der Waals surface area contributed by atoms with Gasteiger partial charge in [0, 0.05) is 10.4 Å². The fourth-order valence-electron chi connectivity index (χ4n) is 1.73. The fraction of sp³-hybridized carbons (Fsp3) is 0.818. The molecule has 0 aliphatic heterocycles. The number of halogens is 1. The van der Waals surface area contributed by atoms with E-state index in [1.807, 2.05) is 0 Å². The summed E-state index contributed by atoms with van der Waals surface area (Å²) in [5, 5.41) is 15.2. The van der Waals surface area contributed by atoms with Crippen molar-refractivity contribution in [2.45, 2.75) is 51.5 Å². The molecule has 1 aromatic heterocycles. The highest BCUT2D eigenvalue weighted by Crippen LogP contribution is 2.09. The second kappa shape index (κ2) is 9.02. The Morgan fingerprint density at radius 3 is 2.33 bits per heavy atom. The number of unbranched alkanes of at least 4 members (excludes halogenated alkanes) is 6. The molecule has 0 N–H and O–H groups in total. The maximum Gasteiger partial charge on any atom is 0.490 e. The summed E-state index contributed by atoms with van der Waals surface area (Å²) in [7, 11) is 0. The Kier molecular flexibility index (Phi) is 7.55. The van der Waals surface area contributed by atoms with Crippen LogP contribution in [-0.2, 0) is 6.54 Å². The lowest BCUT2D eigenvalue weighted by Crippen LogP contribution is -1.99. The van der Waals surface area contributed by atoms with Gasteiger partial charge < -0.3 is 10.1 Å². The Morgan fingerprint density at radius 2 is 1.78 bits per heavy atom. The van der Waals surface area contributed by atoms with Crippen LogP contribution in [0.5, 0.6) is 0 Å². The smallest absolute Gasteiger partial charge is 0.390 e. The Morgan fingerprint density at radius 1 is 1.17 bits per heavy atom. The van der Waals surface area contributed by atoms with Gasteiger partial charge in [0.25, 0.3) is 0 Å². The van der Waals surface area contributed by atoms with Crippen molar-refractivity contribution in [1.29, 1.82) is 0 Å². The van der Waals surface area contributed by atoms with Gasteiger partial charge in [-0.3, -0.25) is 0 Å². The molecule has 7 heteroatoms. The molecule has 0 saturated heterocycles. The highest BCUT2D eigenvalue weighted by molar-refractivity contribution is 9.09. The van der Waals surface area contributed by atoms with Crippen LogP contribution < -0.4 is 0 Å². The Balaban J connectivity index is 2.02. The zero-order chi connectivity index (χ0) is 13.2. The second-order valence-corrected chi connectivity index (χ2v) is 5.02. The predicted molar refractivity (Wildman–Crippen MR) is 72.8 cm³/mol. The molecule has 0 fully saturated rings. The van der Waals surface area contributed by atoms with Gasteiger partial charge in [0.2, 0.25) is 6.33 Å². The van der Waals surface area contributed by atoms with Gasteiger partial charge in [-0.05, 0) is 17.8 Å². The first-order chi connectivity index (χ1) is 8.74. The summed E-state index contributed by atoms with van der Waals surface area (Å²) in [5.41, 5.74) is 0. The molecule has 0 spiro atoms. The van der Waals surface area contributed by atoms with Crippen LogP contribution in [0.2, 0.25) is 0 Å². The maximum absolute atomic E-state index is 10.4. The average Bonchev–Trinajstić information content (AvgIpc) is 2.81. The van der Waals surface area contributed by atoms with Crippen molar-refractivity contribution in [2.75, 3.05) is 5.33 Å². The first-order valence-electron chi connectivity index (χ1n) is 6.34. The predicted octanol–water partition coefficient (Wildman–Crippen LogP) is 3.31. The van der Waals surface area contributed by atoms with E-state index < -0.39 is 4.92 Å². The highest BCUT2D eigenvalue weighted by atomic mass is 79.9. The van der Waals surface area contributed by atoms with Crippen LogP contribution in [0, 0.1) is 10.1 Å². The van der Waals surface area contributed by atoms with Crippen LogP contribution in [0.4, 0.5) is 5.95 Å². The zero-order valence-corrected chi connectivity index (χ0v) is 12.0. The lowest BCUT2D eigenvalue weighted by molar-refractivity contribution is -0.394. The number of nitrogens with zero attached hydrogens (tertiary/aromatic N) is 4. The van der Waals surface area contributed by atoms with Crippen molar-refractivity contribution < 1.29 is 4.92 Å². The van der Waals surface area contributed by atoms with Crippen molar-refractivity contribution in [3.8, 4) is 0 Å². The summed E-state index contributed by atoms with van der Waals surface area (Å²) in [6.45, 7) is 0.711. The summed E-state index contributed by atoms with van der Waals surface area (Å²) >= 11 is 3.42. The molecule has 102 valence electrons. The van der Waals surface area contributed by atoms with Gasteiger partial charge in [0.15, 0.2) is 0 Å². The van der Waals surface area contributed by atoms with E-state index >= 15 is 0 Å². The fourth-order valence-corrected chi connectivity index (χ4v) is 2.12. The molecule has 0 aliphatic rings. The molecule has 0 bridgehead atoms. The summed E-state index contributed by atoms with van der Waals surface area (Å²) in [4.78, 5) is 13.4. The van der Waals surface area contributed by atoms with Crippen molar-refractivity contribution >= 4 is 21.9 Å². The second-order valence-electron chi connectivity index (χ2n) is 4.23. The molecular weight excluding hydrogens is 300 g/mol. The number of alkyl halides is 1. The molecule has 0 unspecified atom stereocenters. The monoisotopic (exact) mass is 318 g/mol. The van der Waals surface area contributed by atoms with Crippen molar-refractivity contribution in [3.05, 3.63) is 16.4 Å². The van der Waals surface area contributed by atoms with Gasteiger partial charge in [-0.2, -0.15) is 4.68 Å². The first kappa shape index (κ1) is 15.1. The van der Waals surface area contributed by atoms with Gasteiger partial charge in [0.05, 0.1) is 6.54 Å². The van der Waals surface area contributed by atoms with Crippen LogP contribution in [-0.4, -0.2) is 25.0 Å². The zero-order valence-electron chi connectivity index (χ0n) is 10.4. The van der Waals surface area contributed by atoms with E-state index in [9.17, 15) is 10.1 Å². The topological polar surface area (TPSA) is 73.8 Å². The Labute approximate surface area is 115 Å². The van der Waals surface area contributed by atoms with Crippen LogP contribution >= 0.6 is 15.9 Å². The third-order valence-electron chi connectivity index (χ3n) is 2.71. The molecule has 1 rings (SSSR count). The minimum absolute atomic E-state index is 0.315. The lowest BCUT2D eigenvalue weighted by Gasteiger charge is -2.00. The van der Waals surface area contributed by atoms with Crippen molar-refractivity contribution in [2.24, 2.45) is 0 Å². The van der Waals surface area contributed by atoms with E-state index in [4.69, 9.17) is 0 Å². The molecule has 0 saturated carbocycles. The summed E-state index contributed by atoms with van der Waals surface area (Å²) in [6.07, 6.45) is 9.89. The van der Waals surface area contributed by atoms with E-state index in [0.29, 0.717) is 6.54 Å². The third kappa shape index (κ3) is 6.09. The van der Waals surface area contributed by atoms with Gasteiger partial charge in [0.1, 0.15) is 0 Å². The molecule has 0 amide bonds. The molecule has 1 heterocycles. The van der Waals surface area contributed by atoms with E-state index in [0.717, 1.165) is 18.2 Å². The Bertz CT molecular complexity index is 357. The van der Waals surface area contributed by atoms with Gasteiger partial charge in [-0.25, -0.2) is 0 Å². The van der Waals surface area contributed by atoms with Crippen LogP contribution in [0.1, 0.15) is 44.9 Å². The average molecular weight is 319 g/mol. The molecule has 18 heavy (non-hydrogen) atoms. The highest BCUT2D eigenvalue weighted by Gasteiger charge is 2.12. The summed E-state index contributed by atoms with van der Waals surface area (Å²) < 4.78 is 1.54. The number of rotatable bonds is 10. The molecule has 0 radical (unpaired) electrons. The van der Waals surface area contributed by atoms with Gasteiger partial charge >= 0.3 is 5.95 Å².